The molecule has 5 nitrogen and oxygen atoms in total. The Morgan fingerprint density at radius 2 is 2.10 bits per heavy atom. The van der Waals surface area contributed by atoms with E-state index in [-0.39, 0.29) is 17.9 Å². The van der Waals surface area contributed by atoms with Crippen molar-refractivity contribution in [3.63, 3.8) is 0 Å². The Hall–Kier alpha value is -0.750. The first-order valence-corrected chi connectivity index (χ1v) is 7.95. The Balaban J connectivity index is 2.40. The van der Waals surface area contributed by atoms with Crippen LogP contribution >= 0.6 is 11.8 Å². The largest absolute Gasteiger partial charge is 0.481 e. The highest BCUT2D eigenvalue weighted by atomic mass is 32.2. The Morgan fingerprint density at radius 1 is 1.50 bits per heavy atom. The fraction of sp³-hybridized carbons (Fsp3) is 0.857. The third-order valence-corrected chi connectivity index (χ3v) is 5.60. The summed E-state index contributed by atoms with van der Waals surface area (Å²) in [5.74, 6) is 0.407. The zero-order valence-electron chi connectivity index (χ0n) is 12.7. The standard InChI is InChI=1S/C14H26N2O3S/c1-13(2,6-5-9-8-20-14(9,3)4)16-12(19)10(15)7-11(17)18/h9-10H,5-8,15H2,1-4H3,(H,16,19)(H,17,18)/t9?,10-/m0/s1. The molecule has 1 heterocycles. The summed E-state index contributed by atoms with van der Waals surface area (Å²) in [6.45, 7) is 8.41. The van der Waals surface area contributed by atoms with E-state index < -0.39 is 12.0 Å². The van der Waals surface area contributed by atoms with E-state index in [9.17, 15) is 9.59 Å². The summed E-state index contributed by atoms with van der Waals surface area (Å²) >= 11 is 1.97. The van der Waals surface area contributed by atoms with E-state index >= 15 is 0 Å². The highest BCUT2D eigenvalue weighted by Crippen LogP contribution is 2.47. The molecule has 0 saturated carbocycles. The number of carboxylic acids is 1. The summed E-state index contributed by atoms with van der Waals surface area (Å²) in [5, 5.41) is 11.5. The minimum atomic E-state index is -1.06. The van der Waals surface area contributed by atoms with Crippen LogP contribution in [0.5, 0.6) is 0 Å². The van der Waals surface area contributed by atoms with Gasteiger partial charge in [-0.15, -0.1) is 0 Å². The molecule has 2 atom stereocenters. The maximum atomic E-state index is 11.8. The van der Waals surface area contributed by atoms with Gasteiger partial charge in [-0.3, -0.25) is 9.59 Å². The van der Waals surface area contributed by atoms with Gasteiger partial charge in [0.15, 0.2) is 0 Å². The van der Waals surface area contributed by atoms with Gasteiger partial charge in [-0.25, -0.2) is 0 Å². The number of nitrogens with one attached hydrogen (secondary N) is 1. The van der Waals surface area contributed by atoms with Crippen molar-refractivity contribution in [2.24, 2.45) is 11.7 Å². The SMILES string of the molecule is CC(C)(CCC1CSC1(C)C)NC(=O)[C@@H](N)CC(=O)O. The first-order chi connectivity index (χ1) is 9.03. The summed E-state index contributed by atoms with van der Waals surface area (Å²) in [6.07, 6.45) is 1.59. The Labute approximate surface area is 125 Å². The smallest absolute Gasteiger partial charge is 0.305 e. The zero-order chi connectivity index (χ0) is 15.6. The van der Waals surface area contributed by atoms with Crippen LogP contribution in [0.25, 0.3) is 0 Å². The lowest BCUT2D eigenvalue weighted by atomic mass is 9.85. The summed E-state index contributed by atoms with van der Waals surface area (Å²) < 4.78 is 0.333. The normalized spacial score (nSPS) is 22.8. The summed E-state index contributed by atoms with van der Waals surface area (Å²) in [7, 11) is 0. The molecule has 6 heteroatoms. The topological polar surface area (TPSA) is 92.4 Å². The number of carbonyl (C=O) groups excluding carboxylic acids is 1. The first kappa shape index (κ1) is 17.3. The second-order valence-corrected chi connectivity index (χ2v) is 8.40. The van der Waals surface area contributed by atoms with Gasteiger partial charge in [-0.1, -0.05) is 13.8 Å². The summed E-state index contributed by atoms with van der Waals surface area (Å²) in [6, 6.07) is -0.984. The van der Waals surface area contributed by atoms with Crippen LogP contribution in [0.1, 0.15) is 47.0 Å². The lowest BCUT2D eigenvalue weighted by Gasteiger charge is -2.45. The fourth-order valence-electron chi connectivity index (χ4n) is 2.27. The average molecular weight is 302 g/mol. The van der Waals surface area contributed by atoms with E-state index in [1.54, 1.807) is 0 Å². The molecule has 1 aliphatic heterocycles. The van der Waals surface area contributed by atoms with Crippen molar-refractivity contribution in [2.45, 2.75) is 63.3 Å². The fourth-order valence-corrected chi connectivity index (χ4v) is 3.62. The lowest BCUT2D eigenvalue weighted by Crippen LogP contribution is -2.51. The quantitative estimate of drug-likeness (QED) is 0.664. The van der Waals surface area contributed by atoms with Crippen molar-refractivity contribution >= 4 is 23.6 Å². The maximum Gasteiger partial charge on any atom is 0.305 e. The number of hydrogen-bond acceptors (Lipinski definition) is 4. The van der Waals surface area contributed by atoms with Crippen LogP contribution in [0.3, 0.4) is 0 Å². The molecule has 1 rings (SSSR count). The van der Waals surface area contributed by atoms with E-state index in [0.717, 1.165) is 12.8 Å². The summed E-state index contributed by atoms with van der Waals surface area (Å²) in [5.41, 5.74) is 5.21. The van der Waals surface area contributed by atoms with Gasteiger partial charge in [0.2, 0.25) is 5.91 Å². The van der Waals surface area contributed by atoms with Crippen LogP contribution in [-0.4, -0.2) is 39.1 Å². The molecule has 1 fully saturated rings. The van der Waals surface area contributed by atoms with E-state index in [1.807, 2.05) is 25.6 Å². The number of amides is 1. The third-order valence-electron chi connectivity index (χ3n) is 3.95. The van der Waals surface area contributed by atoms with Crippen molar-refractivity contribution in [3.05, 3.63) is 0 Å². The molecule has 0 aromatic rings. The monoisotopic (exact) mass is 302 g/mol. The molecule has 0 spiro atoms. The number of aliphatic carboxylic acids is 1. The van der Waals surface area contributed by atoms with Crippen molar-refractivity contribution in [1.29, 1.82) is 0 Å². The van der Waals surface area contributed by atoms with E-state index in [2.05, 4.69) is 19.2 Å². The molecule has 1 aliphatic rings. The van der Waals surface area contributed by atoms with Gasteiger partial charge in [0.25, 0.3) is 0 Å². The van der Waals surface area contributed by atoms with Crippen LogP contribution in [0.4, 0.5) is 0 Å². The third kappa shape index (κ3) is 4.98. The van der Waals surface area contributed by atoms with Gasteiger partial charge in [-0.05, 0) is 38.4 Å². The molecule has 1 saturated heterocycles. The zero-order valence-corrected chi connectivity index (χ0v) is 13.5. The first-order valence-electron chi connectivity index (χ1n) is 6.97. The van der Waals surface area contributed by atoms with Gasteiger partial charge in [0, 0.05) is 10.3 Å². The second kappa shape index (κ2) is 6.35. The van der Waals surface area contributed by atoms with Crippen LogP contribution in [0, 0.1) is 5.92 Å². The molecule has 0 aliphatic carbocycles. The van der Waals surface area contributed by atoms with E-state index in [4.69, 9.17) is 10.8 Å². The van der Waals surface area contributed by atoms with Crippen LogP contribution in [0.2, 0.25) is 0 Å². The van der Waals surface area contributed by atoms with E-state index in [0.29, 0.717) is 10.7 Å². The predicted molar refractivity (Wildman–Crippen MR) is 81.7 cm³/mol. The van der Waals surface area contributed by atoms with Gasteiger partial charge in [0.05, 0.1) is 12.5 Å². The molecule has 0 bridgehead atoms. The van der Waals surface area contributed by atoms with Crippen molar-refractivity contribution < 1.29 is 14.7 Å². The molecular weight excluding hydrogens is 276 g/mol. The Morgan fingerprint density at radius 3 is 2.50 bits per heavy atom. The molecule has 4 N–H and O–H groups in total. The van der Waals surface area contributed by atoms with Gasteiger partial charge < -0.3 is 16.2 Å². The maximum absolute atomic E-state index is 11.8. The van der Waals surface area contributed by atoms with Crippen molar-refractivity contribution in [2.75, 3.05) is 5.75 Å². The van der Waals surface area contributed by atoms with Crippen molar-refractivity contribution in [3.8, 4) is 0 Å². The second-order valence-electron chi connectivity index (χ2n) is 6.73. The number of thioether (sulfide) groups is 1. The number of nitrogens with two attached hydrogens (primary N) is 1. The predicted octanol–water partition coefficient (Wildman–Crippen LogP) is 1.60. The highest BCUT2D eigenvalue weighted by molar-refractivity contribution is 8.02. The number of carboxylic acid groups (broad SMARTS) is 1. The lowest BCUT2D eigenvalue weighted by molar-refractivity contribution is -0.139. The number of hydrogen-bond donors (Lipinski definition) is 3. The van der Waals surface area contributed by atoms with Gasteiger partial charge >= 0.3 is 5.97 Å². The average Bonchev–Trinajstić information content (AvgIpc) is 2.25. The summed E-state index contributed by atoms with van der Waals surface area (Å²) in [4.78, 5) is 22.4. The van der Waals surface area contributed by atoms with Crippen molar-refractivity contribution in [1.82, 2.24) is 5.32 Å². The minimum absolute atomic E-state index is 0.333. The number of carbonyl (C=O) groups is 2. The molecule has 1 amide bonds. The molecule has 116 valence electrons. The van der Waals surface area contributed by atoms with Gasteiger partial charge in [0.1, 0.15) is 0 Å². The highest BCUT2D eigenvalue weighted by Gasteiger charge is 2.39. The Bertz CT molecular complexity index is 383. The van der Waals surface area contributed by atoms with Gasteiger partial charge in [-0.2, -0.15) is 11.8 Å². The Kier molecular flexibility index (Phi) is 5.49. The molecule has 20 heavy (non-hydrogen) atoms. The van der Waals surface area contributed by atoms with Crippen LogP contribution in [-0.2, 0) is 9.59 Å². The number of rotatable bonds is 7. The molecular formula is C14H26N2O3S. The minimum Gasteiger partial charge on any atom is -0.481 e. The van der Waals surface area contributed by atoms with E-state index in [1.165, 1.54) is 5.75 Å². The van der Waals surface area contributed by atoms with Crippen LogP contribution < -0.4 is 11.1 Å². The molecule has 0 aromatic carbocycles. The molecule has 1 unspecified atom stereocenters. The van der Waals surface area contributed by atoms with Crippen LogP contribution in [0.15, 0.2) is 0 Å². The molecule has 0 radical (unpaired) electrons. The molecule has 0 aromatic heterocycles.